The van der Waals surface area contributed by atoms with Gasteiger partial charge in [-0.1, -0.05) is 131 Å². The average molecular weight is 1740 g/mol. The molecule has 0 spiro atoms. The van der Waals surface area contributed by atoms with Crippen molar-refractivity contribution in [2.45, 2.75) is 350 Å². The molecule has 2 saturated carbocycles. The summed E-state index contributed by atoms with van der Waals surface area (Å²) in [6.07, 6.45) is -5.15. The van der Waals surface area contributed by atoms with Crippen LogP contribution in [0.25, 0.3) is 0 Å². The van der Waals surface area contributed by atoms with Gasteiger partial charge in [-0.3, -0.25) is 0 Å². The van der Waals surface area contributed by atoms with E-state index in [0.717, 1.165) is 25.7 Å². The van der Waals surface area contributed by atoms with Gasteiger partial charge in [0.05, 0.1) is 90.6 Å². The van der Waals surface area contributed by atoms with Crippen LogP contribution in [0.4, 0.5) is 0 Å². The van der Waals surface area contributed by atoms with Crippen molar-refractivity contribution in [3.63, 3.8) is 0 Å². The van der Waals surface area contributed by atoms with Crippen LogP contribution in [0.2, 0.25) is 0 Å². The van der Waals surface area contributed by atoms with Gasteiger partial charge in [0, 0.05) is 162 Å². The van der Waals surface area contributed by atoms with E-state index < -0.39 is 85.6 Å². The van der Waals surface area contributed by atoms with Gasteiger partial charge >= 0.3 is 0 Å². The van der Waals surface area contributed by atoms with Gasteiger partial charge in [-0.2, -0.15) is 0 Å². The van der Waals surface area contributed by atoms with Crippen LogP contribution in [0, 0.1) is 177 Å². The molecule has 8 rings (SSSR count). The topological polar surface area (TPSA) is 230 Å². The Hall–Kier alpha value is 2.12. The third-order valence-electron chi connectivity index (χ3n) is 24.9. The molecule has 0 bridgehead atoms. The minimum atomic E-state index is -1.02. The van der Waals surface area contributed by atoms with Crippen LogP contribution in [0.5, 0.6) is 0 Å². The van der Waals surface area contributed by atoms with Crippen molar-refractivity contribution in [1.29, 1.82) is 0 Å². The molecule has 0 aromatic carbocycles. The van der Waals surface area contributed by atoms with Gasteiger partial charge in [0.1, 0.15) is 24.4 Å². The predicted molar refractivity (Wildman–Crippen MR) is 341 cm³/mol. The molecule has 19 nitrogen and oxygen atoms in total. The van der Waals surface area contributed by atoms with Crippen molar-refractivity contribution in [1.82, 2.24) is 0 Å². The van der Waals surface area contributed by atoms with Gasteiger partial charge in [-0.15, -0.1) is 0 Å². The molecule has 6 saturated heterocycles. The van der Waals surface area contributed by atoms with Crippen molar-refractivity contribution < 1.29 is 180 Å². The van der Waals surface area contributed by atoms with E-state index in [1.165, 1.54) is 0 Å². The molecule has 5 N–H and O–H groups in total. The number of rotatable bonds is 24. The summed E-state index contributed by atoms with van der Waals surface area (Å²) >= 11 is 0. The van der Waals surface area contributed by atoms with Gasteiger partial charge in [-0.25, -0.2) is 0 Å². The molecular formula is C71H130Ac2O19. The molecule has 21 heteroatoms. The van der Waals surface area contributed by atoms with Crippen LogP contribution < -0.4 is 0 Å². The van der Waals surface area contributed by atoms with Crippen molar-refractivity contribution in [3.05, 3.63) is 0 Å². The molecule has 0 aromatic heterocycles. The first-order valence-electron chi connectivity index (χ1n) is 35.7. The van der Waals surface area contributed by atoms with Gasteiger partial charge in [0.2, 0.25) is 0 Å². The SMILES string of the molecule is CCC1O[C@H](C)C(C)C(OC)[C@@H]1O[C@H](O)C(C)[C@@H]1[C@@H](CC)C1(C)O[C@@H]1OC(CC)[C@@H](O[C@@H]2OC(C)[C@@H](C)C(C)C2C)[C@H](O)C1C.CCC1O[C@H](C)C(C)C(OC)[C@@H]1O[C@H](O)C(C)[C@@H]1[C@@H](CC)C1(C)O[C@@H]1OC(CC)[C@@H](O[C@@H]2OC(C)[C@@H](O)C(C)C2C)[C@H](O)C1C.[Ac].[Ac]. The maximum absolute atomic E-state index is 11.6. The maximum atomic E-state index is 11.6. The minimum absolute atomic E-state index is 0. The predicted octanol–water partition coefficient (Wildman–Crippen LogP) is 10.3. The molecule has 6 aliphatic heterocycles. The summed E-state index contributed by atoms with van der Waals surface area (Å²) in [6, 6.07) is 0. The second-order valence-corrected chi connectivity index (χ2v) is 30.1. The average Bonchev–Trinajstić information content (AvgIpc) is 1.62. The minimum Gasteiger partial charge on any atom is -0.390 e. The first-order chi connectivity index (χ1) is 42.3. The number of aliphatic hydroxyl groups excluding tert-OH is 5. The molecule has 8 fully saturated rings. The van der Waals surface area contributed by atoms with E-state index in [4.69, 9.17) is 66.3 Å². The van der Waals surface area contributed by atoms with Crippen LogP contribution >= 0.6 is 0 Å². The Morgan fingerprint density at radius 3 is 1.02 bits per heavy atom. The Morgan fingerprint density at radius 2 is 0.685 bits per heavy atom. The molecule has 2 aliphatic carbocycles. The van der Waals surface area contributed by atoms with Crippen LogP contribution in [-0.2, 0) is 66.3 Å². The fraction of sp³-hybridized carbons (Fsp3) is 1.00. The fourth-order valence-electron chi connectivity index (χ4n) is 17.3. The largest absolute Gasteiger partial charge is 0.390 e. The third-order valence-corrected chi connectivity index (χ3v) is 24.9. The quantitative estimate of drug-likeness (QED) is 0.0566. The molecule has 6 heterocycles. The number of aliphatic hydroxyl groups is 5. The zero-order chi connectivity index (χ0) is 67.1. The third kappa shape index (κ3) is 17.7. The summed E-state index contributed by atoms with van der Waals surface area (Å²) < 4.78 is 89.1. The second kappa shape index (κ2) is 36.0. The normalized spacial score (nSPS) is 50.8. The second-order valence-electron chi connectivity index (χ2n) is 30.1. The Labute approximate surface area is 627 Å². The maximum Gasteiger partial charge on any atom is 0.163 e. The first kappa shape index (κ1) is 84.8. The molecule has 8 aliphatic rings. The van der Waals surface area contributed by atoms with Crippen molar-refractivity contribution in [2.75, 3.05) is 14.2 Å². The van der Waals surface area contributed by atoms with E-state index >= 15 is 0 Å². The molecule has 92 heavy (non-hydrogen) atoms. The van der Waals surface area contributed by atoms with Crippen LogP contribution in [0.15, 0.2) is 0 Å². The standard InChI is InChI=1S/C36H66O9.C35H64O10.2Ac/c1-14-25-28(21(8)33(38)43-32-27(16-3)40-24(11)20(7)30(32)39-13)36(25,12)45-35-22(9)29(37)31(26(15-2)42-35)44-34-19(6)17(4)18(5)23(10)41-34;1-13-23-26(19(7)32(38)43-31-25(15-3)40-21(9)18(6)29(31)39-12)35(23,11)45-34-20(8)28(37)30(24(14-2)42-34)44-33-17(5)16(4)27(36)22(10)41-33;;/h17-35,37-38H,14-16H2,1-13H3;16-34,36-38H,13-15H2,1-12H3;;/t17?,18-,19?,20?,21?,22?,23?,24+,25+,26?,27?,28+,29+,30?,31+,32+,33-,34-,35-,36?;16?,17?,18?,19?,20?,21-,22?,23-,24?,25?,26-,27+,28-,29?,30-,31-,32+,33+,34+,35?;;/m01../s1. The molecule has 0 amide bonds. The number of ether oxygens (including phenoxy) is 14. The molecule has 2 radical (unpaired) electrons. The van der Waals surface area contributed by atoms with Gasteiger partial charge in [-0.05, 0) is 96.8 Å². The number of methoxy groups -OCH3 is 2. The fourth-order valence-corrected chi connectivity index (χ4v) is 17.3. The molecule has 40 atom stereocenters. The summed E-state index contributed by atoms with van der Waals surface area (Å²) in [5.41, 5.74) is -1.08. The van der Waals surface area contributed by atoms with Crippen LogP contribution in [-0.4, -0.2) is 192 Å². The van der Waals surface area contributed by atoms with E-state index in [1.54, 1.807) is 14.2 Å². The molecular weight excluding hydrogens is 1610 g/mol. The number of hydrogen-bond donors (Lipinski definition) is 5. The Balaban J connectivity index is 0.000000327. The summed E-state index contributed by atoms with van der Waals surface area (Å²) in [4.78, 5) is 0. The zero-order valence-corrected chi connectivity index (χ0v) is 70.8. The smallest absolute Gasteiger partial charge is 0.163 e. The number of hydrogen-bond acceptors (Lipinski definition) is 19. The summed E-state index contributed by atoms with van der Waals surface area (Å²) in [5.74, 6) is 0.739. The van der Waals surface area contributed by atoms with E-state index in [-0.39, 0.29) is 232 Å². The van der Waals surface area contributed by atoms with E-state index in [1.807, 2.05) is 55.4 Å². The van der Waals surface area contributed by atoms with E-state index in [0.29, 0.717) is 24.7 Å². The van der Waals surface area contributed by atoms with Crippen molar-refractivity contribution in [2.24, 2.45) is 88.8 Å². The summed E-state index contributed by atoms with van der Waals surface area (Å²) in [6.45, 7) is 47.6. The van der Waals surface area contributed by atoms with Gasteiger partial charge in [0.25, 0.3) is 0 Å². The molecule has 0 aromatic rings. The monoisotopic (exact) mass is 1740 g/mol. The van der Waals surface area contributed by atoms with Crippen LogP contribution in [0.1, 0.15) is 198 Å². The first-order valence-corrected chi connectivity index (χ1v) is 35.7. The Kier molecular flexibility index (Phi) is 33.2. The zero-order valence-electron chi connectivity index (χ0n) is 61.3. The Morgan fingerprint density at radius 1 is 0.359 bits per heavy atom. The van der Waals surface area contributed by atoms with Crippen molar-refractivity contribution >= 4 is 0 Å². The summed E-state index contributed by atoms with van der Waals surface area (Å²) in [5, 5.41) is 56.5. The summed E-state index contributed by atoms with van der Waals surface area (Å²) in [7, 11) is 3.41. The van der Waals surface area contributed by atoms with Crippen LogP contribution in [0.3, 0.4) is 0 Å². The molecule has 20 unspecified atom stereocenters. The van der Waals surface area contributed by atoms with Gasteiger partial charge in [0.15, 0.2) is 37.7 Å². The van der Waals surface area contributed by atoms with E-state index in [2.05, 4.69) is 104 Å². The van der Waals surface area contributed by atoms with Gasteiger partial charge < -0.3 is 91.8 Å². The molecule has 534 valence electrons. The van der Waals surface area contributed by atoms with Crippen molar-refractivity contribution in [3.8, 4) is 0 Å². The van der Waals surface area contributed by atoms with E-state index in [9.17, 15) is 25.5 Å². The Bertz CT molecular complexity index is 2030.